The number of aryl methyl sites for hydroxylation is 1. The Kier molecular flexibility index (Phi) is 12.8. The van der Waals surface area contributed by atoms with Gasteiger partial charge in [0.1, 0.15) is 0 Å². The summed E-state index contributed by atoms with van der Waals surface area (Å²) in [5, 5.41) is 7.44. The molecule has 0 aliphatic carbocycles. The maximum atomic E-state index is 3.22. The van der Waals surface area contributed by atoms with Crippen LogP contribution >= 0.6 is 23.3 Å². The molecule has 0 amide bonds. The van der Waals surface area contributed by atoms with E-state index in [1.165, 1.54) is 93.2 Å². The van der Waals surface area contributed by atoms with Gasteiger partial charge in [0, 0.05) is 49.4 Å². The van der Waals surface area contributed by atoms with Crippen molar-refractivity contribution < 1.29 is 0 Å². The third kappa shape index (κ3) is 8.04. The third-order valence-electron chi connectivity index (χ3n) is 12.8. The van der Waals surface area contributed by atoms with Crippen LogP contribution in [0.25, 0.3) is 105 Å². The maximum absolute atomic E-state index is 3.22. The molecule has 0 spiro atoms. The van der Waals surface area contributed by atoms with E-state index in [1.54, 1.807) is 0 Å². The predicted octanol–water partition coefficient (Wildman–Crippen LogP) is 18.1. The molecular formula is C63H51N3S2. The second-order valence-electron chi connectivity index (χ2n) is 16.6. The lowest BCUT2D eigenvalue weighted by atomic mass is 10.0. The Morgan fingerprint density at radius 3 is 0.956 bits per heavy atom. The van der Waals surface area contributed by atoms with Crippen LogP contribution in [0.5, 0.6) is 0 Å². The van der Waals surface area contributed by atoms with Crippen LogP contribution in [0.3, 0.4) is 0 Å². The average Bonchev–Trinajstić information content (AvgIpc) is 4.05. The summed E-state index contributed by atoms with van der Waals surface area (Å²) in [6, 6.07) is 87.7. The Balaban J connectivity index is 0.000000443. The van der Waals surface area contributed by atoms with Crippen LogP contribution in [0.1, 0.15) is 19.4 Å². The summed E-state index contributed by atoms with van der Waals surface area (Å²) in [6.45, 7) is 6.08. The van der Waals surface area contributed by atoms with E-state index < -0.39 is 0 Å². The first-order valence-corrected chi connectivity index (χ1v) is 24.8. The zero-order valence-electron chi connectivity index (χ0n) is 38.3. The highest BCUT2D eigenvalue weighted by Crippen LogP contribution is 2.41. The van der Waals surface area contributed by atoms with E-state index in [0.717, 1.165) is 17.1 Å². The van der Waals surface area contributed by atoms with Crippen molar-refractivity contribution in [1.29, 1.82) is 0 Å². The molecule has 0 radical (unpaired) electrons. The monoisotopic (exact) mass is 913 g/mol. The van der Waals surface area contributed by atoms with Crippen molar-refractivity contribution >= 4 is 88.7 Å². The molecule has 0 fully saturated rings. The van der Waals surface area contributed by atoms with Crippen molar-refractivity contribution in [2.45, 2.75) is 20.8 Å². The summed E-state index contributed by atoms with van der Waals surface area (Å²) < 4.78 is 7.28. The average molecular weight is 914 g/mol. The van der Waals surface area contributed by atoms with Gasteiger partial charge in [0.25, 0.3) is 0 Å². The SMILES string of the molecule is CC.Cc1ccccc1.SS.c1ccc(-c2ccc3c(c2)c2ccccc2n3-c2ccc3c(c2)c2cc(-n4c5ccccc5c5cc(-c6ccccc6)ccc54)ccc2n3-c2ccccc2)cc1. The van der Waals surface area contributed by atoms with Gasteiger partial charge in [0.05, 0.1) is 33.1 Å². The number of nitrogens with zero attached hydrogens (tertiary/aromatic N) is 3. The molecule has 3 aromatic heterocycles. The van der Waals surface area contributed by atoms with Crippen LogP contribution in [0, 0.1) is 6.92 Å². The normalized spacial score (nSPS) is 11.0. The van der Waals surface area contributed by atoms with Crippen LogP contribution in [-0.4, -0.2) is 13.7 Å². The molecule has 10 aromatic carbocycles. The van der Waals surface area contributed by atoms with Crippen molar-refractivity contribution in [3.05, 3.63) is 248 Å². The number of aromatic nitrogens is 3. The van der Waals surface area contributed by atoms with E-state index in [4.69, 9.17) is 0 Å². The second kappa shape index (κ2) is 19.6. The van der Waals surface area contributed by atoms with E-state index in [2.05, 4.69) is 268 Å². The highest BCUT2D eigenvalue weighted by molar-refractivity contribution is 8.59. The fourth-order valence-electron chi connectivity index (χ4n) is 9.79. The lowest BCUT2D eigenvalue weighted by Gasteiger charge is -2.11. The molecule has 3 heterocycles. The smallest absolute Gasteiger partial charge is 0.0542 e. The lowest BCUT2D eigenvalue weighted by molar-refractivity contribution is 1.16. The molecule has 330 valence electrons. The summed E-state index contributed by atoms with van der Waals surface area (Å²) in [5.41, 5.74) is 16.8. The van der Waals surface area contributed by atoms with Gasteiger partial charge in [-0.25, -0.2) is 0 Å². The number of para-hydroxylation sites is 3. The Morgan fingerprint density at radius 1 is 0.250 bits per heavy atom. The number of hydrogen-bond acceptors (Lipinski definition) is 2. The van der Waals surface area contributed by atoms with Crippen molar-refractivity contribution in [3.63, 3.8) is 0 Å². The molecule has 5 heteroatoms. The first-order chi connectivity index (χ1) is 33.7. The van der Waals surface area contributed by atoms with Crippen LogP contribution in [0.2, 0.25) is 0 Å². The minimum Gasteiger partial charge on any atom is -0.309 e. The van der Waals surface area contributed by atoms with Gasteiger partial charge in [-0.2, -0.15) is 0 Å². The fourth-order valence-corrected chi connectivity index (χ4v) is 9.79. The molecule has 68 heavy (non-hydrogen) atoms. The largest absolute Gasteiger partial charge is 0.309 e. The maximum Gasteiger partial charge on any atom is 0.0542 e. The van der Waals surface area contributed by atoms with Crippen LogP contribution in [0.4, 0.5) is 0 Å². The summed E-state index contributed by atoms with van der Waals surface area (Å²) in [4.78, 5) is 0. The molecule has 0 aliphatic rings. The van der Waals surface area contributed by atoms with E-state index in [0.29, 0.717) is 0 Å². The first kappa shape index (κ1) is 44.2. The molecule has 0 aliphatic heterocycles. The van der Waals surface area contributed by atoms with Crippen molar-refractivity contribution in [2.75, 3.05) is 0 Å². The third-order valence-corrected chi connectivity index (χ3v) is 12.8. The molecule has 0 saturated heterocycles. The first-order valence-electron chi connectivity index (χ1n) is 23.2. The van der Waals surface area contributed by atoms with E-state index >= 15 is 0 Å². The molecular weight excluding hydrogens is 863 g/mol. The Hall–Kier alpha value is -7.70. The molecule has 0 bridgehead atoms. The topological polar surface area (TPSA) is 14.8 Å². The zero-order valence-corrected chi connectivity index (χ0v) is 40.1. The van der Waals surface area contributed by atoms with Crippen molar-refractivity contribution in [2.24, 2.45) is 0 Å². The summed E-state index contributed by atoms with van der Waals surface area (Å²) in [5.74, 6) is 0. The summed E-state index contributed by atoms with van der Waals surface area (Å²) in [6.07, 6.45) is 0. The highest BCUT2D eigenvalue weighted by Gasteiger charge is 2.19. The molecule has 0 unspecified atom stereocenters. The number of benzene rings is 10. The number of hydrogen-bond donors (Lipinski definition) is 2. The van der Waals surface area contributed by atoms with Gasteiger partial charge < -0.3 is 13.7 Å². The van der Waals surface area contributed by atoms with E-state index in [1.807, 2.05) is 32.0 Å². The Labute approximate surface area is 408 Å². The Bertz CT molecular complexity index is 3620. The van der Waals surface area contributed by atoms with Crippen molar-refractivity contribution in [3.8, 4) is 39.3 Å². The number of rotatable bonds is 5. The van der Waals surface area contributed by atoms with E-state index in [9.17, 15) is 0 Å². The van der Waals surface area contributed by atoms with Gasteiger partial charge in [0.15, 0.2) is 0 Å². The zero-order chi connectivity index (χ0) is 46.6. The molecule has 13 rings (SSSR count). The van der Waals surface area contributed by atoms with Crippen LogP contribution < -0.4 is 0 Å². The van der Waals surface area contributed by atoms with Crippen LogP contribution in [0.15, 0.2) is 243 Å². The standard InChI is InChI=1S/C54H35N3.C7H8.C2H6.H2S2/c1-4-14-36(15-5-1)38-24-28-51-45(32-38)43-20-10-12-22-49(43)56(51)41-26-30-53-47(34-41)48-35-42(27-31-54(48)55(53)40-18-8-3-9-19-40)57-50-23-13-11-21-44(50)46-33-39(25-29-52(46)57)37-16-6-2-7-17-37;1-7-5-3-2-4-6-7;2*1-2/h1-35H;2-6H,1H3;1-2H3;1-2H. The van der Waals surface area contributed by atoms with Gasteiger partial charge in [0.2, 0.25) is 0 Å². The molecule has 13 aromatic rings. The Morgan fingerprint density at radius 2 is 0.559 bits per heavy atom. The quantitative estimate of drug-likeness (QED) is 0.126. The minimum atomic E-state index is 1.14. The molecule has 0 N–H and O–H groups in total. The van der Waals surface area contributed by atoms with Gasteiger partial charge in [-0.3, -0.25) is 0 Å². The summed E-state index contributed by atoms with van der Waals surface area (Å²) >= 11 is 6.44. The lowest BCUT2D eigenvalue weighted by Crippen LogP contribution is -1.96. The van der Waals surface area contributed by atoms with Gasteiger partial charge in [-0.1, -0.05) is 177 Å². The number of fused-ring (bicyclic) bond motifs is 9. The summed E-state index contributed by atoms with van der Waals surface area (Å²) in [7, 11) is 0. The molecule has 0 saturated carbocycles. The molecule has 0 atom stereocenters. The molecule has 3 nitrogen and oxygen atoms in total. The minimum absolute atomic E-state index is 1.14. The van der Waals surface area contributed by atoms with Gasteiger partial charge in [-0.15, -0.1) is 23.3 Å². The fraction of sp³-hybridized carbons (Fsp3) is 0.0476. The van der Waals surface area contributed by atoms with Crippen molar-refractivity contribution in [1.82, 2.24) is 13.7 Å². The second-order valence-corrected chi connectivity index (χ2v) is 16.6. The van der Waals surface area contributed by atoms with Crippen LogP contribution in [-0.2, 0) is 0 Å². The number of thiol groups is 2. The van der Waals surface area contributed by atoms with Gasteiger partial charge >= 0.3 is 0 Å². The highest BCUT2D eigenvalue weighted by atomic mass is 33.1. The predicted molar refractivity (Wildman–Crippen MR) is 301 cm³/mol. The van der Waals surface area contributed by atoms with E-state index in [-0.39, 0.29) is 0 Å². The van der Waals surface area contributed by atoms with Gasteiger partial charge in [-0.05, 0) is 114 Å².